The molecule has 0 saturated carbocycles. The van der Waals surface area contributed by atoms with Gasteiger partial charge in [0.25, 0.3) is 0 Å². The predicted octanol–water partition coefficient (Wildman–Crippen LogP) is 1.43. The minimum atomic E-state index is -0.388. The fraction of sp³-hybridized carbons (Fsp3) is 0.684. The highest BCUT2D eigenvalue weighted by Crippen LogP contribution is 2.21. The number of hydrogen-bond acceptors (Lipinski definition) is 5. The van der Waals surface area contributed by atoms with E-state index in [9.17, 15) is 9.59 Å². The third kappa shape index (κ3) is 4.84. The highest BCUT2D eigenvalue weighted by molar-refractivity contribution is 7.09. The second kappa shape index (κ2) is 8.50. The zero-order valence-electron chi connectivity index (χ0n) is 15.8. The minimum absolute atomic E-state index is 0.0400. The van der Waals surface area contributed by atoms with E-state index >= 15 is 0 Å². The normalized spacial score (nSPS) is 22.4. The van der Waals surface area contributed by atoms with Gasteiger partial charge in [-0.05, 0) is 51.2 Å². The van der Waals surface area contributed by atoms with Crippen molar-refractivity contribution in [3.8, 4) is 0 Å². The lowest BCUT2D eigenvalue weighted by Crippen LogP contribution is -2.56. The highest BCUT2D eigenvalue weighted by atomic mass is 32.1. The molecule has 2 amide bonds. The van der Waals surface area contributed by atoms with Crippen LogP contribution < -0.4 is 10.6 Å². The monoisotopic (exact) mass is 378 g/mol. The van der Waals surface area contributed by atoms with Crippen molar-refractivity contribution in [2.75, 3.05) is 32.7 Å². The lowest BCUT2D eigenvalue weighted by Gasteiger charge is -2.36. The molecule has 1 atom stereocenters. The van der Waals surface area contributed by atoms with Crippen molar-refractivity contribution >= 4 is 23.2 Å². The maximum absolute atomic E-state index is 12.5. The largest absolute Gasteiger partial charge is 0.354 e. The summed E-state index contributed by atoms with van der Waals surface area (Å²) in [6.45, 7) is 9.31. The summed E-state index contributed by atoms with van der Waals surface area (Å²) in [5.74, 6) is -0.0859. The van der Waals surface area contributed by atoms with Crippen molar-refractivity contribution in [2.24, 2.45) is 0 Å². The van der Waals surface area contributed by atoms with Crippen LogP contribution in [0.2, 0.25) is 0 Å². The summed E-state index contributed by atoms with van der Waals surface area (Å²) < 4.78 is 0. The number of carbonyl (C=O) groups is 2. The van der Waals surface area contributed by atoms with Gasteiger partial charge in [-0.2, -0.15) is 0 Å². The number of nitrogens with one attached hydrogen (secondary N) is 2. The summed E-state index contributed by atoms with van der Waals surface area (Å²) in [4.78, 5) is 30.7. The standard InChI is InChI=1S/C19H30N4O2S/c1-19(2,23-8-3-4-9-23)14-21-17(24)12-16-18(25)20-7-10-22(16)13-15-6-5-11-26-15/h5-6,11,16H,3-4,7-10,12-14H2,1-2H3,(H,20,25)(H,21,24)/t16-/m1/s1. The Morgan fingerprint density at radius 1 is 1.35 bits per heavy atom. The first kappa shape index (κ1) is 19.3. The van der Waals surface area contributed by atoms with Gasteiger partial charge in [-0.1, -0.05) is 6.07 Å². The fourth-order valence-corrected chi connectivity index (χ4v) is 4.50. The van der Waals surface area contributed by atoms with Gasteiger partial charge in [-0.25, -0.2) is 0 Å². The van der Waals surface area contributed by atoms with Crippen LogP contribution in [0, 0.1) is 0 Å². The molecule has 6 nitrogen and oxygen atoms in total. The first-order valence-electron chi connectivity index (χ1n) is 9.51. The first-order valence-corrected chi connectivity index (χ1v) is 10.4. The van der Waals surface area contributed by atoms with E-state index in [1.165, 1.54) is 17.7 Å². The number of nitrogens with zero attached hydrogens (tertiary/aromatic N) is 2. The maximum Gasteiger partial charge on any atom is 0.237 e. The number of likely N-dealkylation sites (tertiary alicyclic amines) is 1. The second-order valence-electron chi connectivity index (χ2n) is 7.84. The highest BCUT2D eigenvalue weighted by Gasteiger charge is 2.33. The Hall–Kier alpha value is -1.44. The van der Waals surface area contributed by atoms with Gasteiger partial charge in [-0.15, -0.1) is 11.3 Å². The van der Waals surface area contributed by atoms with Gasteiger partial charge in [0.15, 0.2) is 0 Å². The Bertz CT molecular complexity index is 611. The van der Waals surface area contributed by atoms with Crippen molar-refractivity contribution in [2.45, 2.75) is 51.2 Å². The first-order chi connectivity index (χ1) is 12.5. The van der Waals surface area contributed by atoms with E-state index in [1.54, 1.807) is 11.3 Å². The molecule has 0 aromatic carbocycles. The molecule has 26 heavy (non-hydrogen) atoms. The van der Waals surface area contributed by atoms with Crippen LogP contribution in [0.4, 0.5) is 0 Å². The molecule has 3 rings (SSSR count). The number of amides is 2. The molecule has 7 heteroatoms. The quantitative estimate of drug-likeness (QED) is 0.753. The molecule has 144 valence electrons. The molecule has 0 radical (unpaired) electrons. The lowest BCUT2D eigenvalue weighted by atomic mass is 10.0. The van der Waals surface area contributed by atoms with Crippen molar-refractivity contribution in [3.63, 3.8) is 0 Å². The molecular weight excluding hydrogens is 348 g/mol. The molecule has 2 aliphatic rings. The van der Waals surface area contributed by atoms with Crippen molar-refractivity contribution in [1.82, 2.24) is 20.4 Å². The van der Waals surface area contributed by atoms with E-state index in [0.29, 0.717) is 13.1 Å². The average molecular weight is 379 g/mol. The molecule has 2 fully saturated rings. The van der Waals surface area contributed by atoms with E-state index in [-0.39, 0.29) is 29.8 Å². The average Bonchev–Trinajstić information content (AvgIpc) is 3.30. The van der Waals surface area contributed by atoms with Gasteiger partial charge in [0.05, 0.1) is 12.5 Å². The Labute approximate surface area is 159 Å². The third-order valence-corrected chi connectivity index (χ3v) is 6.30. The van der Waals surface area contributed by atoms with E-state index in [2.05, 4.69) is 40.3 Å². The molecule has 0 aliphatic carbocycles. The number of carbonyl (C=O) groups excluding carboxylic acids is 2. The van der Waals surface area contributed by atoms with Gasteiger partial charge in [-0.3, -0.25) is 19.4 Å². The minimum Gasteiger partial charge on any atom is -0.354 e. The summed E-state index contributed by atoms with van der Waals surface area (Å²) in [5, 5.41) is 8.00. The van der Waals surface area contributed by atoms with E-state index in [4.69, 9.17) is 0 Å². The SMILES string of the molecule is CC(C)(CNC(=O)C[C@@H]1C(=O)NCCN1Cc1cccs1)N1CCCC1. The Balaban J connectivity index is 1.54. The van der Waals surface area contributed by atoms with Crippen LogP contribution in [-0.2, 0) is 16.1 Å². The summed E-state index contributed by atoms with van der Waals surface area (Å²) in [6.07, 6.45) is 2.68. The van der Waals surface area contributed by atoms with Crippen molar-refractivity contribution in [3.05, 3.63) is 22.4 Å². The lowest BCUT2D eigenvalue weighted by molar-refractivity contribution is -0.134. The molecular formula is C19H30N4O2S. The van der Waals surface area contributed by atoms with Crippen LogP contribution in [0.1, 0.15) is 38.0 Å². The fourth-order valence-electron chi connectivity index (χ4n) is 3.77. The molecule has 2 N–H and O–H groups in total. The van der Waals surface area contributed by atoms with Crippen LogP contribution in [-0.4, -0.2) is 65.9 Å². The van der Waals surface area contributed by atoms with Gasteiger partial charge in [0.1, 0.15) is 0 Å². The number of rotatable bonds is 7. The van der Waals surface area contributed by atoms with Crippen LogP contribution >= 0.6 is 11.3 Å². The summed E-state index contributed by atoms with van der Waals surface area (Å²) >= 11 is 1.69. The molecule has 0 bridgehead atoms. The Morgan fingerprint density at radius 2 is 2.12 bits per heavy atom. The molecule has 1 aromatic rings. The topological polar surface area (TPSA) is 64.7 Å². The maximum atomic E-state index is 12.5. The van der Waals surface area contributed by atoms with E-state index < -0.39 is 0 Å². The van der Waals surface area contributed by atoms with E-state index in [1.807, 2.05) is 11.4 Å². The van der Waals surface area contributed by atoms with Crippen LogP contribution in [0.3, 0.4) is 0 Å². The second-order valence-corrected chi connectivity index (χ2v) is 8.88. The van der Waals surface area contributed by atoms with Crippen molar-refractivity contribution < 1.29 is 9.59 Å². The third-order valence-electron chi connectivity index (χ3n) is 5.44. The molecule has 1 aromatic heterocycles. The summed E-state index contributed by atoms with van der Waals surface area (Å²) in [6, 6.07) is 3.71. The number of thiophene rings is 1. The summed E-state index contributed by atoms with van der Waals surface area (Å²) in [5.41, 5.74) is -0.0440. The van der Waals surface area contributed by atoms with Gasteiger partial charge < -0.3 is 10.6 Å². The Kier molecular flexibility index (Phi) is 6.32. The summed E-state index contributed by atoms with van der Waals surface area (Å²) in [7, 11) is 0. The zero-order chi connectivity index (χ0) is 18.6. The number of piperazine rings is 1. The number of hydrogen-bond donors (Lipinski definition) is 2. The van der Waals surface area contributed by atoms with Gasteiger partial charge in [0, 0.05) is 36.6 Å². The van der Waals surface area contributed by atoms with Gasteiger partial charge >= 0.3 is 0 Å². The smallest absolute Gasteiger partial charge is 0.237 e. The molecule has 0 unspecified atom stereocenters. The molecule has 2 aliphatic heterocycles. The molecule has 2 saturated heterocycles. The van der Waals surface area contributed by atoms with Gasteiger partial charge in [0.2, 0.25) is 11.8 Å². The predicted molar refractivity (Wildman–Crippen MR) is 104 cm³/mol. The zero-order valence-corrected chi connectivity index (χ0v) is 16.6. The molecule has 0 spiro atoms. The van der Waals surface area contributed by atoms with Crippen molar-refractivity contribution in [1.29, 1.82) is 0 Å². The molecule has 3 heterocycles. The Morgan fingerprint density at radius 3 is 2.81 bits per heavy atom. The van der Waals surface area contributed by atoms with E-state index in [0.717, 1.165) is 26.2 Å². The van der Waals surface area contributed by atoms with Crippen LogP contribution in [0.5, 0.6) is 0 Å². The van der Waals surface area contributed by atoms with Crippen LogP contribution in [0.15, 0.2) is 17.5 Å². The van der Waals surface area contributed by atoms with Crippen LogP contribution in [0.25, 0.3) is 0 Å².